The van der Waals surface area contributed by atoms with Crippen LogP contribution in [0.3, 0.4) is 0 Å². The van der Waals surface area contributed by atoms with Crippen molar-refractivity contribution in [2.75, 3.05) is 32.0 Å². The van der Waals surface area contributed by atoms with Crippen molar-refractivity contribution in [1.82, 2.24) is 30.7 Å². The Morgan fingerprint density at radius 3 is 2.15 bits per heavy atom. The number of H-pyrrole nitrogens is 1. The molecule has 1 aromatic heterocycles. The van der Waals surface area contributed by atoms with E-state index in [1.165, 1.54) is 24.3 Å². The minimum absolute atomic E-state index is 0. The van der Waals surface area contributed by atoms with E-state index in [4.69, 9.17) is 10.8 Å². The maximum absolute atomic E-state index is 14.2. The van der Waals surface area contributed by atoms with Crippen LogP contribution in [-0.2, 0) is 26.7 Å². The lowest BCUT2D eigenvalue weighted by Gasteiger charge is -2.29. The fourth-order valence-corrected chi connectivity index (χ4v) is 7.51. The van der Waals surface area contributed by atoms with E-state index >= 15 is 0 Å². The molecule has 13 nitrogen and oxygen atoms in total. The number of aryl methyl sites for hydroxylation is 1. The van der Waals surface area contributed by atoms with Gasteiger partial charge in [0.25, 0.3) is 5.91 Å². The van der Waals surface area contributed by atoms with Crippen LogP contribution >= 0.6 is 12.4 Å². The van der Waals surface area contributed by atoms with Crippen molar-refractivity contribution in [1.29, 1.82) is 0 Å². The van der Waals surface area contributed by atoms with E-state index in [2.05, 4.69) is 43.1 Å². The van der Waals surface area contributed by atoms with Gasteiger partial charge in [-0.05, 0) is 137 Å². The number of rotatable bonds is 14. The van der Waals surface area contributed by atoms with E-state index in [1.54, 1.807) is 0 Å². The van der Waals surface area contributed by atoms with Gasteiger partial charge in [-0.25, -0.2) is 9.78 Å². The molecule has 2 fully saturated rings. The van der Waals surface area contributed by atoms with Crippen molar-refractivity contribution >= 4 is 41.8 Å². The van der Waals surface area contributed by atoms with Gasteiger partial charge >= 0.3 is 17.8 Å². The third kappa shape index (κ3) is 10.5. The molecule has 7 N–H and O–H groups in total. The number of nitrogens with zero attached hydrogens (tertiary/aromatic N) is 3. The van der Waals surface area contributed by atoms with Gasteiger partial charge in [0, 0.05) is 35.2 Å². The largest absolute Gasteiger partial charge is 0.477 e. The molecule has 0 bridgehead atoms. The average Bonchev–Trinajstić information content (AvgIpc) is 3.73. The minimum atomic E-state index is -5.45. The molecule has 1 aliphatic carbocycles. The van der Waals surface area contributed by atoms with Gasteiger partial charge in [-0.3, -0.25) is 19.5 Å². The van der Waals surface area contributed by atoms with Crippen LogP contribution in [0.4, 0.5) is 23.2 Å². The molecule has 1 atom stereocenters. The average molecular weight is 857 g/mol. The number of hydrogen-bond acceptors (Lipinski definition) is 8. The molecule has 0 unspecified atom stereocenters. The molecule has 1 saturated carbocycles. The topological polar surface area (TPSA) is 195 Å². The molecule has 1 aliphatic heterocycles. The molecular weight excluding hydrogens is 808 g/mol. The second-order valence-corrected chi connectivity index (χ2v) is 15.5. The molecular formula is C42H49ClF4N8O5. The van der Waals surface area contributed by atoms with E-state index in [0.717, 1.165) is 61.0 Å². The molecule has 3 aromatic carbocycles. The Hall–Kier alpha value is -5.39. The number of aliphatic carboxylic acids is 1. The number of hydrogen-bond donors (Lipinski definition) is 6. The van der Waals surface area contributed by atoms with Crippen LogP contribution in [0, 0.1) is 18.8 Å². The van der Waals surface area contributed by atoms with Gasteiger partial charge in [-0.15, -0.1) is 12.4 Å². The van der Waals surface area contributed by atoms with Gasteiger partial charge in [-0.2, -0.15) is 22.7 Å². The summed E-state index contributed by atoms with van der Waals surface area (Å²) in [6.07, 6.45) is 4.91. The molecule has 18 heteroatoms. The number of halogens is 5. The lowest BCUT2D eigenvalue weighted by Crippen LogP contribution is -2.48. The molecule has 60 heavy (non-hydrogen) atoms. The van der Waals surface area contributed by atoms with Gasteiger partial charge in [0.2, 0.25) is 17.6 Å². The Morgan fingerprint density at radius 2 is 1.55 bits per heavy atom. The highest BCUT2D eigenvalue weighted by Gasteiger charge is 2.66. The smallest absolute Gasteiger partial charge is 0.411 e. The molecule has 6 rings (SSSR count). The lowest BCUT2D eigenvalue weighted by molar-refractivity contribution is -0.231. The Labute approximate surface area is 350 Å². The van der Waals surface area contributed by atoms with E-state index in [1.807, 2.05) is 49.4 Å². The first-order valence-electron chi connectivity index (χ1n) is 19.6. The maximum atomic E-state index is 14.2. The summed E-state index contributed by atoms with van der Waals surface area (Å²) in [7, 11) is 2.07. The summed E-state index contributed by atoms with van der Waals surface area (Å²) < 4.78 is 55.9. The summed E-state index contributed by atoms with van der Waals surface area (Å²) in [4.78, 5) is 56.7. The summed E-state index contributed by atoms with van der Waals surface area (Å²) in [5, 5.41) is 22.7. The van der Waals surface area contributed by atoms with Crippen molar-refractivity contribution in [3.8, 4) is 22.5 Å². The van der Waals surface area contributed by atoms with Crippen LogP contribution in [-0.4, -0.2) is 93.6 Å². The number of aromatic nitrogens is 3. The fourth-order valence-electron chi connectivity index (χ4n) is 7.51. The van der Waals surface area contributed by atoms with Crippen molar-refractivity contribution in [2.45, 2.75) is 75.8 Å². The van der Waals surface area contributed by atoms with Gasteiger partial charge in [-0.1, -0.05) is 30.3 Å². The predicted molar refractivity (Wildman–Crippen MR) is 219 cm³/mol. The number of nitrogens with two attached hydrogens (primary N) is 1. The number of piperidine rings is 1. The number of carboxylic acids is 1. The molecule has 0 radical (unpaired) electrons. The Kier molecular flexibility index (Phi) is 14.7. The molecule has 4 aromatic rings. The number of carbonyl (C=O) groups is 4. The Balaban J connectivity index is 0.00000683. The first-order valence-corrected chi connectivity index (χ1v) is 19.6. The fraction of sp³-hybridized carbons (Fsp3) is 0.429. The first-order chi connectivity index (χ1) is 28.0. The van der Waals surface area contributed by atoms with Crippen LogP contribution < -0.4 is 21.7 Å². The highest BCUT2D eigenvalue weighted by Crippen LogP contribution is 2.42. The van der Waals surface area contributed by atoms with Crippen molar-refractivity contribution in [3.05, 3.63) is 89.2 Å². The molecule has 2 aliphatic rings. The summed E-state index contributed by atoms with van der Waals surface area (Å²) in [6, 6.07) is 18.0. The van der Waals surface area contributed by atoms with E-state index < -0.39 is 35.6 Å². The lowest BCUT2D eigenvalue weighted by atomic mass is 9.81. The van der Waals surface area contributed by atoms with Crippen molar-refractivity contribution in [3.63, 3.8) is 0 Å². The van der Waals surface area contributed by atoms with E-state index in [0.29, 0.717) is 30.9 Å². The summed E-state index contributed by atoms with van der Waals surface area (Å²) in [6.45, 7) is 4.39. The number of carbonyl (C=O) groups excluding carboxylic acids is 3. The number of carboxylic acid groups (broad SMARTS) is 1. The monoisotopic (exact) mass is 856 g/mol. The van der Waals surface area contributed by atoms with Gasteiger partial charge in [0.05, 0.1) is 0 Å². The molecule has 1 saturated heterocycles. The second-order valence-electron chi connectivity index (χ2n) is 15.5. The number of benzene rings is 3. The molecule has 3 amide bonds. The summed E-state index contributed by atoms with van der Waals surface area (Å²) >= 11 is 0. The SMILES string of the molecule is Cc1cc(C(=O)NC2CCN(C)CC2)ccc1-c1ccc(C[C@H](NC(=O)[C@H]2CC[C@H](CN)CC2)C(=O)Nc2ccc(-c3nc(C(F)(F)C(F)(F)C(=O)O)n[nH]3)cc2)cc1.Cl. The van der Waals surface area contributed by atoms with Crippen LogP contribution in [0.5, 0.6) is 0 Å². The van der Waals surface area contributed by atoms with Crippen LogP contribution in [0.2, 0.25) is 0 Å². The van der Waals surface area contributed by atoms with Crippen molar-refractivity contribution in [2.24, 2.45) is 17.6 Å². The van der Waals surface area contributed by atoms with Gasteiger partial charge in [0.15, 0.2) is 5.82 Å². The third-order valence-corrected chi connectivity index (χ3v) is 11.3. The number of anilines is 1. The number of nitrogens with one attached hydrogen (secondary N) is 4. The number of amides is 3. The normalized spacial score (nSPS) is 18.2. The molecule has 2 heterocycles. The van der Waals surface area contributed by atoms with Gasteiger partial charge < -0.3 is 31.7 Å². The Morgan fingerprint density at radius 1 is 0.917 bits per heavy atom. The Bertz CT molecular complexity index is 2140. The third-order valence-electron chi connectivity index (χ3n) is 11.3. The zero-order valence-electron chi connectivity index (χ0n) is 33.2. The predicted octanol–water partition coefficient (Wildman–Crippen LogP) is 5.94. The molecule has 0 spiro atoms. The first kappa shape index (κ1) is 45.7. The van der Waals surface area contributed by atoms with E-state index in [-0.39, 0.29) is 59.7 Å². The second kappa shape index (κ2) is 19.3. The highest BCUT2D eigenvalue weighted by atomic mass is 35.5. The van der Waals surface area contributed by atoms with Crippen LogP contribution in [0.1, 0.15) is 65.8 Å². The summed E-state index contributed by atoms with van der Waals surface area (Å²) in [5.74, 6) is -16.5. The quantitative estimate of drug-likeness (QED) is 0.0833. The number of aromatic amines is 1. The number of alkyl halides is 4. The minimum Gasteiger partial charge on any atom is -0.477 e. The van der Waals surface area contributed by atoms with E-state index in [9.17, 15) is 36.7 Å². The maximum Gasteiger partial charge on any atom is 0.411 e. The van der Waals surface area contributed by atoms with Crippen molar-refractivity contribution < 1.29 is 41.8 Å². The zero-order chi connectivity index (χ0) is 42.5. The highest BCUT2D eigenvalue weighted by molar-refractivity contribution is 5.98. The molecule has 322 valence electrons. The standard InChI is InChI=1S/C42H48F4N8O5.ClH/c1-24-21-30(37(56)48-32-17-19-54(2)20-18-32)13-16-33(24)27-7-3-25(4-8-27)22-34(50-36(55)29-9-5-26(23-47)6-10-29)38(57)49-31-14-11-28(12-15-31)35-51-39(53-52-35)41(43,44)42(45,46)40(58)59;/h3-4,7-8,11-16,21,26,29,32,34H,5-6,9-10,17-20,22-23,47H2,1-2H3,(H,48,56)(H,49,57)(H,50,55)(H,58,59)(H,51,52,53);1H/t26-,29-,34-;/m0./s1. The number of likely N-dealkylation sites (tertiary alicyclic amines) is 1. The van der Waals surface area contributed by atoms with Crippen LogP contribution in [0.15, 0.2) is 66.7 Å². The van der Waals surface area contributed by atoms with Crippen LogP contribution in [0.25, 0.3) is 22.5 Å². The van der Waals surface area contributed by atoms with Gasteiger partial charge in [0.1, 0.15) is 6.04 Å². The zero-order valence-corrected chi connectivity index (χ0v) is 34.0. The summed E-state index contributed by atoms with van der Waals surface area (Å²) in [5.41, 5.74) is 10.4.